The molecule has 0 aromatic heterocycles. The van der Waals surface area contributed by atoms with Crippen LogP contribution in [-0.4, -0.2) is 0 Å². The molecular weight excluding hydrogens is 184 g/mol. The molecule has 0 spiro atoms. The quantitative estimate of drug-likeness (QED) is 0.527. The molecule has 0 saturated heterocycles. The van der Waals surface area contributed by atoms with Crippen LogP contribution in [0.15, 0.2) is 60.9 Å². The summed E-state index contributed by atoms with van der Waals surface area (Å²) in [5.41, 5.74) is 2.21. The lowest BCUT2D eigenvalue weighted by Gasteiger charge is -2.06. The molecule has 15 heavy (non-hydrogen) atoms. The topological polar surface area (TPSA) is 9.23 Å². The van der Waals surface area contributed by atoms with Gasteiger partial charge in [-0.3, -0.25) is 0 Å². The van der Waals surface area contributed by atoms with Crippen molar-refractivity contribution in [1.29, 1.82) is 0 Å². The normalized spacial score (nSPS) is 10.9. The molecule has 1 heteroatoms. The van der Waals surface area contributed by atoms with Gasteiger partial charge in [-0.15, -0.1) is 0 Å². The number of hydrogen-bond donors (Lipinski definition) is 0. The lowest BCUT2D eigenvalue weighted by Crippen LogP contribution is -1.91. The molecule has 0 fully saturated rings. The van der Waals surface area contributed by atoms with Crippen LogP contribution in [0.1, 0.15) is 12.5 Å². The summed E-state index contributed by atoms with van der Waals surface area (Å²) in [5.74, 6) is 1.44. The van der Waals surface area contributed by atoms with Gasteiger partial charge < -0.3 is 4.74 Å². The summed E-state index contributed by atoms with van der Waals surface area (Å²) < 4.78 is 5.55. The van der Waals surface area contributed by atoms with Crippen molar-refractivity contribution in [3.8, 4) is 5.75 Å². The predicted molar refractivity (Wildman–Crippen MR) is 64.9 cm³/mol. The summed E-state index contributed by atoms with van der Waals surface area (Å²) in [7, 11) is 0. The second kappa shape index (κ2) is 5.20. The van der Waals surface area contributed by atoms with E-state index in [1.807, 2.05) is 44.2 Å². The highest BCUT2D eigenvalue weighted by Gasteiger charge is 1.95. The first-order valence-corrected chi connectivity index (χ1v) is 4.86. The summed E-state index contributed by atoms with van der Waals surface area (Å²) in [4.78, 5) is 0. The van der Waals surface area contributed by atoms with Gasteiger partial charge in [0.25, 0.3) is 0 Å². The maximum absolute atomic E-state index is 5.55. The Bertz CT molecular complexity index is 400. The van der Waals surface area contributed by atoms with Gasteiger partial charge in [-0.2, -0.15) is 0 Å². The minimum absolute atomic E-state index is 0.623. The van der Waals surface area contributed by atoms with Crippen molar-refractivity contribution in [2.75, 3.05) is 0 Å². The molecule has 0 aliphatic rings. The van der Waals surface area contributed by atoms with Gasteiger partial charge in [0.15, 0.2) is 0 Å². The number of allylic oxidation sites excluding steroid dienone is 3. The Morgan fingerprint density at radius 2 is 2.13 bits per heavy atom. The van der Waals surface area contributed by atoms with Gasteiger partial charge >= 0.3 is 0 Å². The van der Waals surface area contributed by atoms with Crippen molar-refractivity contribution >= 4 is 0 Å². The number of aryl methyl sites for hydroxylation is 1. The van der Waals surface area contributed by atoms with Gasteiger partial charge in [0.05, 0.1) is 0 Å². The van der Waals surface area contributed by atoms with Crippen LogP contribution in [-0.2, 0) is 0 Å². The zero-order valence-corrected chi connectivity index (χ0v) is 9.29. The minimum atomic E-state index is 0.623. The minimum Gasteiger partial charge on any atom is -0.458 e. The van der Waals surface area contributed by atoms with E-state index in [0.29, 0.717) is 5.76 Å². The van der Waals surface area contributed by atoms with E-state index in [9.17, 15) is 0 Å². The van der Waals surface area contributed by atoms with Crippen LogP contribution in [0.2, 0.25) is 0 Å². The first kappa shape index (κ1) is 11.3. The highest BCUT2D eigenvalue weighted by molar-refractivity contribution is 5.31. The van der Waals surface area contributed by atoms with Crippen molar-refractivity contribution in [2.45, 2.75) is 13.8 Å². The summed E-state index contributed by atoms with van der Waals surface area (Å²) in [6.45, 7) is 11.5. The van der Waals surface area contributed by atoms with Crippen LogP contribution in [0.5, 0.6) is 5.75 Å². The molecule has 0 aliphatic carbocycles. The fourth-order valence-corrected chi connectivity index (χ4v) is 1.17. The number of benzene rings is 1. The third-order valence-electron chi connectivity index (χ3n) is 1.95. The lowest BCUT2D eigenvalue weighted by molar-refractivity contribution is 0.446. The molecule has 1 aromatic carbocycles. The lowest BCUT2D eigenvalue weighted by atomic mass is 10.2. The van der Waals surface area contributed by atoms with Crippen LogP contribution in [0.4, 0.5) is 0 Å². The first-order chi connectivity index (χ1) is 7.11. The number of ether oxygens (including phenoxy) is 1. The van der Waals surface area contributed by atoms with E-state index in [1.54, 1.807) is 6.08 Å². The third-order valence-corrected chi connectivity index (χ3v) is 1.95. The van der Waals surface area contributed by atoms with Gasteiger partial charge in [0.2, 0.25) is 0 Å². The molecule has 1 rings (SSSR count). The fraction of sp³-hybridized carbons (Fsp3) is 0.143. The Morgan fingerprint density at radius 3 is 2.73 bits per heavy atom. The molecule has 0 unspecified atom stereocenters. The Kier molecular flexibility index (Phi) is 3.92. The van der Waals surface area contributed by atoms with Crippen LogP contribution >= 0.6 is 0 Å². The van der Waals surface area contributed by atoms with Crippen molar-refractivity contribution in [3.05, 3.63) is 66.5 Å². The molecule has 0 saturated carbocycles. The van der Waals surface area contributed by atoms with Crippen molar-refractivity contribution in [2.24, 2.45) is 0 Å². The maximum Gasteiger partial charge on any atom is 0.127 e. The molecule has 0 aliphatic heterocycles. The summed E-state index contributed by atoms with van der Waals surface area (Å²) in [6.07, 6.45) is 3.63. The average molecular weight is 200 g/mol. The van der Waals surface area contributed by atoms with Crippen LogP contribution in [0, 0.1) is 6.92 Å². The molecule has 0 amide bonds. The highest BCUT2D eigenvalue weighted by atomic mass is 16.5. The van der Waals surface area contributed by atoms with E-state index in [4.69, 9.17) is 4.74 Å². The number of hydrogen-bond acceptors (Lipinski definition) is 1. The van der Waals surface area contributed by atoms with Gasteiger partial charge in [-0.05, 0) is 43.2 Å². The monoisotopic (exact) mass is 200 g/mol. The zero-order chi connectivity index (χ0) is 11.3. The Morgan fingerprint density at radius 1 is 1.40 bits per heavy atom. The Hall–Kier alpha value is -1.76. The summed E-state index contributed by atoms with van der Waals surface area (Å²) in [6, 6.07) is 7.87. The van der Waals surface area contributed by atoms with E-state index in [0.717, 1.165) is 11.3 Å². The Labute approximate surface area is 91.4 Å². The summed E-state index contributed by atoms with van der Waals surface area (Å²) in [5, 5.41) is 0. The highest BCUT2D eigenvalue weighted by Crippen LogP contribution is 2.16. The molecular formula is C14H16O. The third kappa shape index (κ3) is 3.86. The van der Waals surface area contributed by atoms with E-state index in [-0.39, 0.29) is 0 Å². The molecule has 1 aromatic rings. The van der Waals surface area contributed by atoms with E-state index < -0.39 is 0 Å². The van der Waals surface area contributed by atoms with Crippen molar-refractivity contribution in [1.82, 2.24) is 0 Å². The van der Waals surface area contributed by atoms with Gasteiger partial charge in [0.1, 0.15) is 11.5 Å². The zero-order valence-electron chi connectivity index (χ0n) is 9.29. The van der Waals surface area contributed by atoms with Gasteiger partial charge in [-0.25, -0.2) is 0 Å². The summed E-state index contributed by atoms with van der Waals surface area (Å²) >= 11 is 0. The second-order valence-electron chi connectivity index (χ2n) is 3.48. The molecule has 0 N–H and O–H groups in total. The van der Waals surface area contributed by atoms with Crippen LogP contribution < -0.4 is 4.74 Å². The van der Waals surface area contributed by atoms with E-state index in [2.05, 4.69) is 13.2 Å². The molecule has 0 radical (unpaired) electrons. The van der Waals surface area contributed by atoms with Crippen LogP contribution in [0.25, 0.3) is 0 Å². The van der Waals surface area contributed by atoms with Crippen LogP contribution in [0.3, 0.4) is 0 Å². The molecule has 1 nitrogen and oxygen atoms in total. The molecule has 0 heterocycles. The van der Waals surface area contributed by atoms with Crippen molar-refractivity contribution < 1.29 is 4.74 Å². The maximum atomic E-state index is 5.55. The van der Waals surface area contributed by atoms with Gasteiger partial charge in [-0.1, -0.05) is 31.4 Å². The molecule has 0 bridgehead atoms. The van der Waals surface area contributed by atoms with Gasteiger partial charge in [0, 0.05) is 0 Å². The molecule has 78 valence electrons. The second-order valence-corrected chi connectivity index (χ2v) is 3.48. The smallest absolute Gasteiger partial charge is 0.127 e. The first-order valence-electron chi connectivity index (χ1n) is 4.86. The van der Waals surface area contributed by atoms with E-state index >= 15 is 0 Å². The fourth-order valence-electron chi connectivity index (χ4n) is 1.17. The Balaban J connectivity index is 2.71. The standard InChI is InChI=1S/C14H16O/c1-5-11(2)9-13(4)15-14-8-6-7-12(3)10-14/h5-10H,1,4H2,2-3H3/b11-9-. The van der Waals surface area contributed by atoms with Crippen molar-refractivity contribution in [3.63, 3.8) is 0 Å². The largest absolute Gasteiger partial charge is 0.458 e. The van der Waals surface area contributed by atoms with E-state index in [1.165, 1.54) is 5.56 Å². The molecule has 0 atom stereocenters. The number of rotatable bonds is 4. The predicted octanol–water partition coefficient (Wildman–Crippen LogP) is 4.02. The average Bonchev–Trinajstić information content (AvgIpc) is 2.17. The SMILES string of the molecule is C=C/C(C)=C\C(=C)Oc1cccc(C)c1.